The molecule has 0 atom stereocenters. The Morgan fingerprint density at radius 3 is 2.05 bits per heavy atom. The largest absolute Gasteiger partial charge is 0.437 e. The zero-order valence-corrected chi connectivity index (χ0v) is 35.7. The van der Waals surface area contributed by atoms with Crippen molar-refractivity contribution in [3.05, 3.63) is 230 Å². The molecule has 12 aromatic rings. The van der Waals surface area contributed by atoms with Crippen molar-refractivity contribution in [3.8, 4) is 50.6 Å². The molecule has 308 valence electrons. The van der Waals surface area contributed by atoms with Gasteiger partial charge in [0.15, 0.2) is 24.2 Å². The van der Waals surface area contributed by atoms with Gasteiger partial charge in [-0.3, -0.25) is 4.98 Å². The molecule has 0 fully saturated rings. The number of benzene rings is 5. The summed E-state index contributed by atoms with van der Waals surface area (Å²) in [5, 5.41) is 4.48. The fraction of sp³-hybridized carbons (Fsp3) is 0.0339. The van der Waals surface area contributed by atoms with Gasteiger partial charge < -0.3 is 8.98 Å². The van der Waals surface area contributed by atoms with Crippen molar-refractivity contribution in [1.29, 1.82) is 0 Å². The molecule has 0 amide bonds. The van der Waals surface area contributed by atoms with Gasteiger partial charge in [-0.15, -0.1) is 9.13 Å². The van der Waals surface area contributed by atoms with Crippen LogP contribution < -0.4 is 13.7 Å². The van der Waals surface area contributed by atoms with E-state index in [1.165, 1.54) is 44.1 Å². The lowest BCUT2D eigenvalue weighted by molar-refractivity contribution is -0.903. The Morgan fingerprint density at radius 1 is 0.470 bits per heavy atom. The minimum atomic E-state index is 0.538. The first-order valence-corrected chi connectivity index (χ1v) is 22.5. The topological polar surface area (TPSA) is 55.5 Å². The molecule has 7 aromatic heterocycles. The Kier molecular flexibility index (Phi) is 7.97. The highest BCUT2D eigenvalue weighted by Gasteiger charge is 2.39. The van der Waals surface area contributed by atoms with Gasteiger partial charge in [0, 0.05) is 87.9 Å². The number of aromatic nitrogens is 6. The summed E-state index contributed by atoms with van der Waals surface area (Å²) < 4.78 is 16.4. The van der Waals surface area contributed by atoms with E-state index in [-0.39, 0.29) is 0 Å². The third kappa shape index (κ3) is 5.47. The van der Waals surface area contributed by atoms with Gasteiger partial charge in [-0.1, -0.05) is 84.9 Å². The van der Waals surface area contributed by atoms with E-state index < -0.39 is 0 Å². The molecular formula is C59H39N6O+3. The third-order valence-corrected chi connectivity index (χ3v) is 13.7. The highest BCUT2D eigenvalue weighted by Crippen LogP contribution is 2.45. The zero-order valence-electron chi connectivity index (χ0n) is 35.7. The maximum absolute atomic E-state index is 6.91. The number of rotatable bonds is 2. The monoisotopic (exact) mass is 847 g/mol. The lowest BCUT2D eigenvalue weighted by Crippen LogP contribution is -2.53. The summed E-state index contributed by atoms with van der Waals surface area (Å²) in [5.41, 5.74) is 19.3. The molecule has 5 aromatic carbocycles. The summed E-state index contributed by atoms with van der Waals surface area (Å²) in [5.74, 6) is 0. The van der Waals surface area contributed by atoms with E-state index in [1.54, 1.807) is 6.20 Å². The minimum Gasteiger partial charge on any atom is -0.437 e. The van der Waals surface area contributed by atoms with Crippen molar-refractivity contribution in [3.63, 3.8) is 0 Å². The number of para-hydroxylation sites is 2. The van der Waals surface area contributed by atoms with Crippen LogP contribution in [0.1, 0.15) is 16.8 Å². The first-order chi connectivity index (χ1) is 32.7. The lowest BCUT2D eigenvalue weighted by atomic mass is 9.88. The second-order valence-corrected chi connectivity index (χ2v) is 17.2. The first-order valence-electron chi connectivity index (χ1n) is 22.5. The van der Waals surface area contributed by atoms with E-state index in [4.69, 9.17) is 14.4 Å². The van der Waals surface area contributed by atoms with Crippen LogP contribution in [0.2, 0.25) is 0 Å². The molecule has 0 radical (unpaired) electrons. The summed E-state index contributed by atoms with van der Waals surface area (Å²) in [4.78, 5) is 10.0. The van der Waals surface area contributed by atoms with Gasteiger partial charge in [0.1, 0.15) is 0 Å². The van der Waals surface area contributed by atoms with Gasteiger partial charge in [0.25, 0.3) is 0 Å². The Hall–Kier alpha value is -8.81. The lowest BCUT2D eigenvalue weighted by Gasteiger charge is -2.15. The van der Waals surface area contributed by atoms with Crippen LogP contribution in [0, 0.1) is 0 Å². The first kappa shape index (κ1) is 36.7. The van der Waals surface area contributed by atoms with Crippen LogP contribution in [-0.4, -0.2) is 14.5 Å². The number of hydrogen-bond donors (Lipinski definition) is 0. The summed E-state index contributed by atoms with van der Waals surface area (Å²) in [6.45, 7) is 0.538. The predicted molar refractivity (Wildman–Crippen MR) is 260 cm³/mol. The number of nitrogens with zero attached hydrogens (tertiary/aromatic N) is 6. The van der Waals surface area contributed by atoms with Gasteiger partial charge in [0.2, 0.25) is 28.5 Å². The number of allylic oxidation sites excluding steroid dienone is 1. The molecule has 0 bridgehead atoms. The molecular weight excluding hydrogens is 809 g/mol. The molecule has 7 heteroatoms. The average Bonchev–Trinajstić information content (AvgIpc) is 4.03. The molecule has 14 rings (SSSR count). The van der Waals surface area contributed by atoms with Crippen LogP contribution in [-0.2, 0) is 13.1 Å². The van der Waals surface area contributed by atoms with Crippen molar-refractivity contribution in [2.45, 2.75) is 13.1 Å². The molecule has 0 aliphatic carbocycles. The number of hydrogen-bond acceptors (Lipinski definition) is 3. The molecule has 0 spiro atoms. The third-order valence-electron chi connectivity index (χ3n) is 13.7. The van der Waals surface area contributed by atoms with Crippen molar-refractivity contribution in [2.24, 2.45) is 0 Å². The predicted octanol–water partition coefficient (Wildman–Crippen LogP) is 11.8. The fourth-order valence-electron chi connectivity index (χ4n) is 10.7. The molecule has 2 aliphatic rings. The van der Waals surface area contributed by atoms with Crippen LogP contribution in [0.5, 0.6) is 0 Å². The standard InChI is InChI=1S/C59H39N6O/c1-2-14-38(15-3-1)39-27-33-64-55(34-39)43-18-4-5-19-45(43)57(64)49-36-50-48(21-13-29-60-50)54-35-40(65-51-22-8-6-16-41(51)42-17-7-9-23-52(42)65)28-32-63(54)37-62-31-11-10-24-53(62)56-44(49)25-26-46-47-20-12-30-61-59(47)66-58(46)56/h1-35H,36-37H2/q+3. The maximum Gasteiger partial charge on any atom is 0.344 e. The van der Waals surface area contributed by atoms with Crippen molar-refractivity contribution < 1.29 is 18.1 Å². The average molecular weight is 848 g/mol. The normalized spacial score (nSPS) is 14.1. The van der Waals surface area contributed by atoms with E-state index in [2.05, 4.69) is 213 Å². The number of fused-ring (bicyclic) bond motifs is 16. The van der Waals surface area contributed by atoms with Gasteiger partial charge in [-0.25, -0.2) is 4.98 Å². The van der Waals surface area contributed by atoms with E-state index in [0.717, 1.165) is 72.8 Å². The summed E-state index contributed by atoms with van der Waals surface area (Å²) >= 11 is 0. The van der Waals surface area contributed by atoms with Crippen LogP contribution in [0.25, 0.3) is 106 Å². The second-order valence-electron chi connectivity index (χ2n) is 17.2. The maximum atomic E-state index is 6.91. The van der Waals surface area contributed by atoms with Crippen LogP contribution in [0.15, 0.2) is 217 Å². The van der Waals surface area contributed by atoms with Gasteiger partial charge in [-0.2, -0.15) is 4.57 Å². The molecule has 0 saturated carbocycles. The minimum absolute atomic E-state index is 0.538. The summed E-state index contributed by atoms with van der Waals surface area (Å²) in [6.07, 6.45) is 11.0. The SMILES string of the molecule is c1ccc(-c2cc[n+]3c(c2)-c2ccccc2/C3=C2\Cc3ncccc3-c3cc(-n4c5ccccc5c5ccccc54)cc[n+]3C[n+]3ccccc3-c3c2ccc2c3oc3ncccc32)cc1. The van der Waals surface area contributed by atoms with Crippen molar-refractivity contribution >= 4 is 55.1 Å². The molecule has 7 nitrogen and oxygen atoms in total. The van der Waals surface area contributed by atoms with E-state index in [9.17, 15) is 0 Å². The van der Waals surface area contributed by atoms with Crippen LogP contribution >= 0.6 is 0 Å². The van der Waals surface area contributed by atoms with E-state index >= 15 is 0 Å². The summed E-state index contributed by atoms with van der Waals surface area (Å²) in [7, 11) is 0. The molecule has 0 saturated heterocycles. The number of pyridine rings is 5. The Balaban J connectivity index is 1.10. The Morgan fingerprint density at radius 2 is 1.18 bits per heavy atom. The van der Waals surface area contributed by atoms with Crippen LogP contribution in [0.3, 0.4) is 0 Å². The van der Waals surface area contributed by atoms with E-state index in [0.29, 0.717) is 18.8 Å². The Labute approximate surface area is 379 Å². The molecule has 0 N–H and O–H groups in total. The van der Waals surface area contributed by atoms with Crippen LogP contribution in [0.4, 0.5) is 0 Å². The van der Waals surface area contributed by atoms with Gasteiger partial charge >= 0.3 is 6.67 Å². The van der Waals surface area contributed by atoms with Gasteiger partial charge in [0.05, 0.1) is 44.7 Å². The fourth-order valence-corrected chi connectivity index (χ4v) is 10.7. The number of furan rings is 1. The highest BCUT2D eigenvalue weighted by molar-refractivity contribution is 6.12. The molecule has 66 heavy (non-hydrogen) atoms. The second kappa shape index (κ2) is 14.4. The smallest absolute Gasteiger partial charge is 0.344 e. The van der Waals surface area contributed by atoms with Crippen molar-refractivity contribution in [2.75, 3.05) is 0 Å². The molecule has 0 unspecified atom stereocenters. The molecule has 9 heterocycles. The molecule has 2 aliphatic heterocycles. The summed E-state index contributed by atoms with van der Waals surface area (Å²) in [6, 6.07) is 65.5. The van der Waals surface area contributed by atoms with Gasteiger partial charge in [-0.05, 0) is 71.8 Å². The zero-order chi connectivity index (χ0) is 43.3. The Bertz CT molecular complexity index is 3960. The highest BCUT2D eigenvalue weighted by atomic mass is 16.3. The van der Waals surface area contributed by atoms with Crippen molar-refractivity contribution in [1.82, 2.24) is 14.5 Å². The van der Waals surface area contributed by atoms with E-state index in [1.807, 2.05) is 12.3 Å². The quantitative estimate of drug-likeness (QED) is 0.163.